The molecule has 1 unspecified atom stereocenters. The average molecular weight is 276 g/mol. The van der Waals surface area contributed by atoms with Crippen LogP contribution in [0.5, 0.6) is 0 Å². The summed E-state index contributed by atoms with van der Waals surface area (Å²) in [5.74, 6) is 0. The van der Waals surface area contributed by atoms with Crippen molar-refractivity contribution in [1.29, 1.82) is 0 Å². The van der Waals surface area contributed by atoms with Crippen LogP contribution in [0.2, 0.25) is 0 Å². The molecule has 2 rings (SSSR count). The summed E-state index contributed by atoms with van der Waals surface area (Å²) in [6.07, 6.45) is -0.908. The van der Waals surface area contributed by atoms with E-state index in [4.69, 9.17) is 5.11 Å². The lowest BCUT2D eigenvalue weighted by Crippen LogP contribution is -2.23. The van der Waals surface area contributed by atoms with Gasteiger partial charge in [0.25, 0.3) is 5.69 Å². The van der Waals surface area contributed by atoms with Gasteiger partial charge in [0.1, 0.15) is 0 Å². The molecule has 0 saturated heterocycles. The summed E-state index contributed by atoms with van der Waals surface area (Å²) in [5, 5.41) is 33.6. The number of nitro groups is 1. The maximum Gasteiger partial charge on any atom is 0.279 e. The van der Waals surface area contributed by atoms with Crippen LogP contribution >= 0.6 is 0 Å². The van der Waals surface area contributed by atoms with E-state index < -0.39 is 11.0 Å². The van der Waals surface area contributed by atoms with Crippen molar-refractivity contribution in [3.8, 4) is 0 Å². The Hall–Kier alpha value is -2.18. The van der Waals surface area contributed by atoms with Crippen molar-refractivity contribution in [1.82, 2.24) is 0 Å². The second-order valence-corrected chi connectivity index (χ2v) is 4.60. The van der Waals surface area contributed by atoms with E-state index in [0.717, 1.165) is 10.9 Å². The Labute approximate surface area is 115 Å². The molecule has 0 spiro atoms. The molecule has 1 atom stereocenters. The van der Waals surface area contributed by atoms with Gasteiger partial charge < -0.3 is 15.5 Å². The number of hydrogen-bond donors (Lipinski definition) is 3. The van der Waals surface area contributed by atoms with Crippen molar-refractivity contribution >= 4 is 22.1 Å². The van der Waals surface area contributed by atoms with Gasteiger partial charge in [0, 0.05) is 18.3 Å². The smallest absolute Gasteiger partial charge is 0.279 e. The van der Waals surface area contributed by atoms with Gasteiger partial charge in [-0.2, -0.15) is 0 Å². The van der Waals surface area contributed by atoms with E-state index in [9.17, 15) is 15.2 Å². The minimum atomic E-state index is -0.908. The second-order valence-electron chi connectivity index (χ2n) is 4.60. The van der Waals surface area contributed by atoms with E-state index in [-0.39, 0.29) is 18.8 Å². The van der Waals surface area contributed by atoms with Crippen LogP contribution in [0.1, 0.15) is 5.56 Å². The molecule has 20 heavy (non-hydrogen) atoms. The van der Waals surface area contributed by atoms with Crippen LogP contribution in [0.15, 0.2) is 30.3 Å². The highest BCUT2D eigenvalue weighted by Crippen LogP contribution is 2.34. The molecular weight excluding hydrogens is 260 g/mol. The number of rotatable bonds is 5. The summed E-state index contributed by atoms with van der Waals surface area (Å²) in [5.41, 5.74) is 1.54. The fourth-order valence-corrected chi connectivity index (χ4v) is 2.13. The Bertz CT molecular complexity index is 642. The molecule has 0 heterocycles. The molecule has 3 N–H and O–H groups in total. The van der Waals surface area contributed by atoms with Crippen LogP contribution in [-0.4, -0.2) is 34.4 Å². The lowest BCUT2D eigenvalue weighted by molar-refractivity contribution is -0.383. The molecule has 2 aromatic rings. The monoisotopic (exact) mass is 276 g/mol. The summed E-state index contributed by atoms with van der Waals surface area (Å²) in [7, 11) is 0. The van der Waals surface area contributed by atoms with Crippen molar-refractivity contribution in [3.63, 3.8) is 0 Å². The molecule has 0 aliphatic heterocycles. The minimum absolute atomic E-state index is 0.0205. The predicted octanol–water partition coefficient (Wildman–Crippen LogP) is 1.82. The number of anilines is 1. The molecular formula is C14H16N2O4. The normalized spacial score (nSPS) is 12.3. The predicted molar refractivity (Wildman–Crippen MR) is 76.9 cm³/mol. The van der Waals surface area contributed by atoms with Crippen LogP contribution in [-0.2, 0) is 0 Å². The van der Waals surface area contributed by atoms with Crippen LogP contribution in [0.3, 0.4) is 0 Å². The summed E-state index contributed by atoms with van der Waals surface area (Å²) in [6, 6.07) is 8.54. The van der Waals surface area contributed by atoms with Crippen LogP contribution < -0.4 is 5.32 Å². The fourth-order valence-electron chi connectivity index (χ4n) is 2.13. The number of aryl methyl sites for hydroxylation is 1. The van der Waals surface area contributed by atoms with Crippen LogP contribution in [0.25, 0.3) is 10.8 Å². The number of nitrogens with one attached hydrogen (secondary N) is 1. The molecule has 0 amide bonds. The van der Waals surface area contributed by atoms with Crippen molar-refractivity contribution in [2.24, 2.45) is 0 Å². The van der Waals surface area contributed by atoms with Crippen molar-refractivity contribution in [3.05, 3.63) is 46.0 Å². The molecule has 0 fully saturated rings. The Kier molecular flexibility index (Phi) is 4.16. The van der Waals surface area contributed by atoms with E-state index in [2.05, 4.69) is 5.32 Å². The lowest BCUT2D eigenvalue weighted by Gasteiger charge is -2.13. The molecule has 2 aromatic carbocycles. The van der Waals surface area contributed by atoms with Gasteiger partial charge in [0.05, 0.1) is 23.0 Å². The van der Waals surface area contributed by atoms with E-state index in [1.807, 2.05) is 13.0 Å². The van der Waals surface area contributed by atoms with E-state index in [1.54, 1.807) is 18.2 Å². The summed E-state index contributed by atoms with van der Waals surface area (Å²) < 4.78 is 0. The molecule has 0 aliphatic carbocycles. The molecule has 0 saturated carbocycles. The van der Waals surface area contributed by atoms with Gasteiger partial charge in [-0.05, 0) is 23.9 Å². The van der Waals surface area contributed by atoms with Crippen molar-refractivity contribution in [2.75, 3.05) is 18.5 Å². The van der Waals surface area contributed by atoms with Gasteiger partial charge in [-0.3, -0.25) is 10.1 Å². The quantitative estimate of drug-likeness (QED) is 0.572. The first-order chi connectivity index (χ1) is 9.54. The van der Waals surface area contributed by atoms with Gasteiger partial charge in [0.15, 0.2) is 0 Å². The second kappa shape index (κ2) is 5.85. The topological polar surface area (TPSA) is 95.6 Å². The Morgan fingerprint density at radius 1 is 1.35 bits per heavy atom. The molecule has 6 nitrogen and oxygen atoms in total. The zero-order valence-electron chi connectivity index (χ0n) is 11.0. The third-order valence-corrected chi connectivity index (χ3v) is 3.17. The SMILES string of the molecule is Cc1ccc([N+](=O)[O-])c2c(NCC(O)CO)cccc12. The minimum Gasteiger partial charge on any atom is -0.394 e. The maximum atomic E-state index is 11.2. The summed E-state index contributed by atoms with van der Waals surface area (Å²) >= 11 is 0. The molecule has 0 bridgehead atoms. The number of non-ortho nitro benzene ring substituents is 1. The number of aliphatic hydroxyl groups excluding tert-OH is 2. The highest BCUT2D eigenvalue weighted by molar-refractivity contribution is 6.02. The molecule has 106 valence electrons. The van der Waals surface area contributed by atoms with Crippen LogP contribution in [0.4, 0.5) is 11.4 Å². The number of benzene rings is 2. The lowest BCUT2D eigenvalue weighted by atomic mass is 10.0. The molecule has 6 heteroatoms. The van der Waals surface area contributed by atoms with Gasteiger partial charge in [-0.15, -0.1) is 0 Å². The Balaban J connectivity index is 2.54. The van der Waals surface area contributed by atoms with Gasteiger partial charge in [0.2, 0.25) is 0 Å². The van der Waals surface area contributed by atoms with E-state index in [1.165, 1.54) is 6.07 Å². The third kappa shape index (κ3) is 2.71. The number of aliphatic hydroxyl groups is 2. The maximum absolute atomic E-state index is 11.2. The zero-order valence-corrected chi connectivity index (χ0v) is 11.0. The molecule has 0 aliphatic rings. The first-order valence-corrected chi connectivity index (χ1v) is 6.24. The average Bonchev–Trinajstić information content (AvgIpc) is 2.44. The Morgan fingerprint density at radius 3 is 2.75 bits per heavy atom. The number of fused-ring (bicyclic) bond motifs is 1. The first-order valence-electron chi connectivity index (χ1n) is 6.24. The number of hydrogen-bond acceptors (Lipinski definition) is 5. The fraction of sp³-hybridized carbons (Fsp3) is 0.286. The van der Waals surface area contributed by atoms with Gasteiger partial charge >= 0.3 is 0 Å². The van der Waals surface area contributed by atoms with Crippen molar-refractivity contribution in [2.45, 2.75) is 13.0 Å². The van der Waals surface area contributed by atoms with Crippen molar-refractivity contribution < 1.29 is 15.1 Å². The highest BCUT2D eigenvalue weighted by atomic mass is 16.6. The number of nitrogens with zero attached hydrogens (tertiary/aromatic N) is 1. The standard InChI is InChI=1S/C14H16N2O4/c1-9-5-6-13(16(19)20)14-11(9)3-2-4-12(14)15-7-10(18)8-17/h2-6,10,15,17-18H,7-8H2,1H3. The van der Waals surface area contributed by atoms with Gasteiger partial charge in [-0.25, -0.2) is 0 Å². The largest absolute Gasteiger partial charge is 0.394 e. The first kappa shape index (κ1) is 14.2. The number of nitro benzene ring substituents is 1. The summed E-state index contributed by atoms with van der Waals surface area (Å²) in [4.78, 5) is 10.7. The van der Waals surface area contributed by atoms with E-state index in [0.29, 0.717) is 11.1 Å². The zero-order chi connectivity index (χ0) is 14.7. The van der Waals surface area contributed by atoms with Gasteiger partial charge in [-0.1, -0.05) is 18.2 Å². The Morgan fingerprint density at radius 2 is 2.10 bits per heavy atom. The third-order valence-electron chi connectivity index (χ3n) is 3.17. The highest BCUT2D eigenvalue weighted by Gasteiger charge is 2.16. The molecule has 0 aromatic heterocycles. The van der Waals surface area contributed by atoms with E-state index >= 15 is 0 Å². The summed E-state index contributed by atoms with van der Waals surface area (Å²) in [6.45, 7) is 1.65. The van der Waals surface area contributed by atoms with Crippen LogP contribution in [0, 0.1) is 17.0 Å². The molecule has 0 radical (unpaired) electrons.